The van der Waals surface area contributed by atoms with E-state index in [4.69, 9.17) is 5.26 Å². The average molecular weight is 327 g/mol. The van der Waals surface area contributed by atoms with E-state index in [2.05, 4.69) is 32.8 Å². The van der Waals surface area contributed by atoms with Gasteiger partial charge < -0.3 is 0 Å². The molecule has 0 unspecified atom stereocenters. The number of halogens is 1. The van der Waals surface area contributed by atoms with Gasteiger partial charge in [-0.1, -0.05) is 0 Å². The lowest BCUT2D eigenvalue weighted by atomic mass is 10.2. The highest BCUT2D eigenvalue weighted by Crippen LogP contribution is 2.15. The lowest BCUT2D eigenvalue weighted by molar-refractivity contribution is 0.720. The third-order valence-electron chi connectivity index (χ3n) is 2.32. The first-order valence-corrected chi connectivity index (χ1v) is 5.79. The van der Waals surface area contributed by atoms with Crippen LogP contribution in [0.2, 0.25) is 0 Å². The number of hydrogen-bond donors (Lipinski definition) is 0. The fraction of sp³-hybridized carbons (Fsp3) is 0.300. The smallest absolute Gasteiger partial charge is 0.162 e. The van der Waals surface area contributed by atoms with E-state index < -0.39 is 0 Å². The maximum absolute atomic E-state index is 8.76. The molecule has 0 aliphatic rings. The second kappa shape index (κ2) is 4.25. The first-order valence-electron chi connectivity index (χ1n) is 4.71. The van der Waals surface area contributed by atoms with Crippen LogP contribution in [0.1, 0.15) is 17.0 Å². The van der Waals surface area contributed by atoms with Gasteiger partial charge in [0.25, 0.3) is 0 Å². The molecule has 0 saturated carbocycles. The highest BCUT2D eigenvalue weighted by Gasteiger charge is 2.10. The molecule has 0 bridgehead atoms. The van der Waals surface area contributed by atoms with E-state index in [1.807, 2.05) is 32.4 Å². The Labute approximate surface area is 107 Å². The van der Waals surface area contributed by atoms with E-state index in [-0.39, 0.29) is 0 Å². The van der Waals surface area contributed by atoms with Crippen molar-refractivity contribution in [3.8, 4) is 6.07 Å². The van der Waals surface area contributed by atoms with Crippen molar-refractivity contribution in [1.82, 2.24) is 19.6 Å². The van der Waals surface area contributed by atoms with Gasteiger partial charge in [0.05, 0.1) is 0 Å². The quantitative estimate of drug-likeness (QED) is 0.780. The number of nitriles is 1. The normalized spacial score (nSPS) is 10.4. The summed E-state index contributed by atoms with van der Waals surface area (Å²) in [6.45, 7) is 0. The third-order valence-corrected chi connectivity index (χ3v) is 3.22. The van der Waals surface area contributed by atoms with Gasteiger partial charge in [0, 0.05) is 38.0 Å². The van der Waals surface area contributed by atoms with Crippen LogP contribution < -0.4 is 0 Å². The maximum Gasteiger partial charge on any atom is 0.162 e. The molecular weight excluding hydrogens is 317 g/mol. The van der Waals surface area contributed by atoms with Gasteiger partial charge in [-0.25, -0.2) is 0 Å². The molecule has 0 aromatic carbocycles. The Kier molecular flexibility index (Phi) is 2.96. The number of aryl methyl sites for hydroxylation is 2. The Morgan fingerprint density at radius 2 is 2.19 bits per heavy atom. The number of aromatic nitrogens is 4. The molecule has 82 valence electrons. The fourth-order valence-corrected chi connectivity index (χ4v) is 2.22. The molecule has 0 spiro atoms. The zero-order chi connectivity index (χ0) is 11.7. The molecule has 16 heavy (non-hydrogen) atoms. The summed E-state index contributed by atoms with van der Waals surface area (Å²) in [4.78, 5) is 0. The van der Waals surface area contributed by atoms with Crippen molar-refractivity contribution in [2.24, 2.45) is 14.1 Å². The average Bonchev–Trinajstić information content (AvgIpc) is 2.72. The van der Waals surface area contributed by atoms with Crippen molar-refractivity contribution in [3.05, 3.63) is 32.9 Å². The first kappa shape index (κ1) is 11.1. The number of hydrogen-bond acceptors (Lipinski definition) is 3. The maximum atomic E-state index is 8.76. The predicted octanol–water partition coefficient (Wildman–Crippen LogP) is 1.22. The summed E-state index contributed by atoms with van der Waals surface area (Å²) in [5.74, 6) is 0. The topological polar surface area (TPSA) is 59.4 Å². The van der Waals surface area contributed by atoms with Crippen molar-refractivity contribution in [1.29, 1.82) is 5.26 Å². The number of rotatable bonds is 2. The molecule has 2 aromatic heterocycles. The molecule has 0 N–H and O–H groups in total. The highest BCUT2D eigenvalue weighted by atomic mass is 127. The zero-order valence-electron chi connectivity index (χ0n) is 8.98. The van der Waals surface area contributed by atoms with E-state index in [9.17, 15) is 0 Å². The van der Waals surface area contributed by atoms with Crippen LogP contribution in [0.3, 0.4) is 0 Å². The van der Waals surface area contributed by atoms with Gasteiger partial charge >= 0.3 is 0 Å². The summed E-state index contributed by atoms with van der Waals surface area (Å²) in [6, 6.07) is 3.85. The SMILES string of the molecule is Cn1cc(Cc2cc(C#N)nn2C)c(I)n1. The minimum absolute atomic E-state index is 0.455. The van der Waals surface area contributed by atoms with Crippen LogP contribution in [0.25, 0.3) is 0 Å². The summed E-state index contributed by atoms with van der Waals surface area (Å²) in [5, 5.41) is 17.1. The minimum atomic E-state index is 0.455. The first-order chi connectivity index (χ1) is 7.60. The largest absolute Gasteiger partial charge is 0.274 e. The minimum Gasteiger partial charge on any atom is -0.274 e. The van der Waals surface area contributed by atoms with Gasteiger partial charge in [0.1, 0.15) is 9.77 Å². The standard InChI is InChI=1S/C10H10IN5/c1-15-6-7(10(11)14-15)3-9-4-8(5-12)13-16(9)2/h4,6H,3H2,1-2H3. The van der Waals surface area contributed by atoms with Crippen LogP contribution in [-0.4, -0.2) is 19.6 Å². The monoisotopic (exact) mass is 327 g/mol. The zero-order valence-corrected chi connectivity index (χ0v) is 11.1. The van der Waals surface area contributed by atoms with Crippen LogP contribution in [0.15, 0.2) is 12.3 Å². The summed E-state index contributed by atoms with van der Waals surface area (Å²) in [7, 11) is 3.75. The third kappa shape index (κ3) is 2.09. The Bertz CT molecular complexity index is 560. The molecule has 0 amide bonds. The van der Waals surface area contributed by atoms with Crippen molar-refractivity contribution in [2.75, 3.05) is 0 Å². The molecule has 2 aromatic rings. The predicted molar refractivity (Wildman–Crippen MR) is 66.7 cm³/mol. The molecule has 0 radical (unpaired) electrons. The van der Waals surface area contributed by atoms with Crippen molar-refractivity contribution in [3.63, 3.8) is 0 Å². The molecule has 0 atom stereocenters. The summed E-state index contributed by atoms with van der Waals surface area (Å²) < 4.78 is 4.51. The van der Waals surface area contributed by atoms with Gasteiger partial charge in [-0.15, -0.1) is 0 Å². The van der Waals surface area contributed by atoms with E-state index in [0.29, 0.717) is 5.69 Å². The van der Waals surface area contributed by atoms with Crippen molar-refractivity contribution < 1.29 is 0 Å². The highest BCUT2D eigenvalue weighted by molar-refractivity contribution is 14.1. The molecule has 0 saturated heterocycles. The van der Waals surface area contributed by atoms with Crippen LogP contribution in [0.4, 0.5) is 0 Å². The molecule has 0 aliphatic carbocycles. The lowest BCUT2D eigenvalue weighted by Crippen LogP contribution is -1.99. The Morgan fingerprint density at radius 3 is 2.69 bits per heavy atom. The van der Waals surface area contributed by atoms with Gasteiger partial charge in [-0.3, -0.25) is 9.36 Å². The summed E-state index contributed by atoms with van der Waals surface area (Å²) >= 11 is 2.21. The second-order valence-corrected chi connectivity index (χ2v) is 4.57. The molecule has 0 aliphatic heterocycles. The van der Waals surface area contributed by atoms with Crippen LogP contribution in [0.5, 0.6) is 0 Å². The second-order valence-electron chi connectivity index (χ2n) is 3.55. The summed E-state index contributed by atoms with van der Waals surface area (Å²) in [6.07, 6.45) is 2.73. The molecule has 2 rings (SSSR count). The van der Waals surface area contributed by atoms with Crippen LogP contribution >= 0.6 is 22.6 Å². The summed E-state index contributed by atoms with van der Waals surface area (Å²) in [5.41, 5.74) is 2.62. The van der Waals surface area contributed by atoms with E-state index in [0.717, 1.165) is 21.4 Å². The molecule has 6 heteroatoms. The Hall–Kier alpha value is -1.36. The van der Waals surface area contributed by atoms with Gasteiger partial charge in [0.15, 0.2) is 5.69 Å². The van der Waals surface area contributed by atoms with Crippen molar-refractivity contribution in [2.45, 2.75) is 6.42 Å². The molecule has 0 fully saturated rings. The van der Waals surface area contributed by atoms with E-state index in [1.54, 1.807) is 9.36 Å². The Morgan fingerprint density at radius 1 is 1.44 bits per heavy atom. The van der Waals surface area contributed by atoms with Crippen LogP contribution in [0, 0.1) is 15.0 Å². The van der Waals surface area contributed by atoms with Crippen molar-refractivity contribution >= 4 is 22.6 Å². The van der Waals surface area contributed by atoms with E-state index >= 15 is 0 Å². The van der Waals surface area contributed by atoms with Gasteiger partial charge in [-0.2, -0.15) is 15.5 Å². The van der Waals surface area contributed by atoms with Crippen LogP contribution in [-0.2, 0) is 20.5 Å². The van der Waals surface area contributed by atoms with E-state index in [1.165, 1.54) is 0 Å². The fourth-order valence-electron chi connectivity index (χ4n) is 1.55. The van der Waals surface area contributed by atoms with Gasteiger partial charge in [-0.05, 0) is 28.7 Å². The lowest BCUT2D eigenvalue weighted by Gasteiger charge is -1.98. The van der Waals surface area contributed by atoms with Gasteiger partial charge in [0.2, 0.25) is 0 Å². The Balaban J connectivity index is 2.30. The molecule has 2 heterocycles. The molecule has 5 nitrogen and oxygen atoms in total. The molecular formula is C10H10IN5. The number of nitrogens with zero attached hydrogens (tertiary/aromatic N) is 5.